The summed E-state index contributed by atoms with van der Waals surface area (Å²) in [5.74, 6) is 0.222. The first-order chi connectivity index (χ1) is 15.0. The number of nitro benzene ring substituents is 1. The number of amides is 1. The zero-order valence-corrected chi connectivity index (χ0v) is 18.4. The number of nitrogens with zero attached hydrogens (tertiary/aromatic N) is 2. The third-order valence-corrected chi connectivity index (χ3v) is 5.03. The van der Waals surface area contributed by atoms with Crippen LogP contribution in [0.25, 0.3) is 0 Å². The van der Waals surface area contributed by atoms with Gasteiger partial charge in [-0.1, -0.05) is 57.0 Å². The first kappa shape index (κ1) is 24.3. The molecule has 0 unspecified atom stereocenters. The Kier molecular flexibility index (Phi) is 10.5. The number of nitrogens with one attached hydrogen (secondary N) is 1. The van der Waals surface area contributed by atoms with Crippen molar-refractivity contribution in [2.24, 2.45) is 5.10 Å². The van der Waals surface area contributed by atoms with Gasteiger partial charge in [0.1, 0.15) is 5.75 Å². The van der Waals surface area contributed by atoms with Gasteiger partial charge in [0.05, 0.1) is 22.8 Å². The molecule has 0 aliphatic heterocycles. The van der Waals surface area contributed by atoms with Crippen molar-refractivity contribution >= 4 is 29.4 Å². The second-order valence-corrected chi connectivity index (χ2v) is 7.56. The lowest BCUT2D eigenvalue weighted by atomic mass is 10.1. The quantitative estimate of drug-likeness (QED) is 0.173. The maximum absolute atomic E-state index is 12.1. The standard InChI is InChI=1S/C23H28ClN3O4/c1-2-3-4-5-6-7-8-15-31-21-14-11-19(22(24)16-21)17-25-26-23(28)18-9-12-20(13-10-18)27(29)30/h9-14,16-17H,2-8,15H2,1H3,(H,26,28)/b25-17+. The minimum Gasteiger partial charge on any atom is -0.494 e. The lowest BCUT2D eigenvalue weighted by Gasteiger charge is -2.08. The first-order valence-electron chi connectivity index (χ1n) is 10.5. The van der Waals surface area contributed by atoms with E-state index in [1.165, 1.54) is 62.6 Å². The van der Waals surface area contributed by atoms with E-state index < -0.39 is 10.8 Å². The fourth-order valence-electron chi connectivity index (χ4n) is 2.91. The highest BCUT2D eigenvalue weighted by Crippen LogP contribution is 2.22. The lowest BCUT2D eigenvalue weighted by molar-refractivity contribution is -0.384. The number of hydrogen-bond donors (Lipinski definition) is 1. The molecule has 0 heterocycles. The molecule has 0 aliphatic rings. The van der Waals surface area contributed by atoms with Crippen LogP contribution in [0, 0.1) is 10.1 Å². The molecule has 2 aromatic rings. The van der Waals surface area contributed by atoms with E-state index in [0.29, 0.717) is 22.9 Å². The van der Waals surface area contributed by atoms with Crippen molar-refractivity contribution < 1.29 is 14.5 Å². The number of rotatable bonds is 13. The largest absolute Gasteiger partial charge is 0.494 e. The Morgan fingerprint density at radius 3 is 2.42 bits per heavy atom. The molecule has 0 fully saturated rings. The number of unbranched alkanes of at least 4 members (excludes halogenated alkanes) is 6. The Labute approximate surface area is 187 Å². The molecule has 0 atom stereocenters. The van der Waals surface area contributed by atoms with Gasteiger partial charge in [-0.15, -0.1) is 0 Å². The highest BCUT2D eigenvalue weighted by atomic mass is 35.5. The van der Waals surface area contributed by atoms with E-state index in [9.17, 15) is 14.9 Å². The second kappa shape index (κ2) is 13.4. The highest BCUT2D eigenvalue weighted by Gasteiger charge is 2.08. The summed E-state index contributed by atoms with van der Waals surface area (Å²) in [5.41, 5.74) is 3.19. The summed E-state index contributed by atoms with van der Waals surface area (Å²) in [6.07, 6.45) is 10.0. The normalized spacial score (nSPS) is 10.9. The fourth-order valence-corrected chi connectivity index (χ4v) is 3.13. The number of halogens is 1. The summed E-state index contributed by atoms with van der Waals surface area (Å²) < 4.78 is 5.75. The number of non-ortho nitro benzene ring substituents is 1. The molecule has 1 N–H and O–H groups in total. The molecule has 8 heteroatoms. The summed E-state index contributed by atoms with van der Waals surface area (Å²) >= 11 is 6.27. The maximum Gasteiger partial charge on any atom is 0.271 e. The third-order valence-electron chi connectivity index (χ3n) is 4.70. The molecule has 0 bridgehead atoms. The average Bonchev–Trinajstić information content (AvgIpc) is 2.77. The predicted molar refractivity (Wildman–Crippen MR) is 123 cm³/mol. The highest BCUT2D eigenvalue weighted by molar-refractivity contribution is 6.33. The molecule has 0 aliphatic carbocycles. The van der Waals surface area contributed by atoms with Crippen LogP contribution in [0.4, 0.5) is 5.69 Å². The van der Waals surface area contributed by atoms with Gasteiger partial charge >= 0.3 is 0 Å². The van der Waals surface area contributed by atoms with E-state index in [1.54, 1.807) is 12.1 Å². The predicted octanol–water partition coefficient (Wildman–Crippen LogP) is 6.14. The number of carbonyl (C=O) groups excluding carboxylic acids is 1. The van der Waals surface area contributed by atoms with Crippen molar-refractivity contribution in [2.75, 3.05) is 6.61 Å². The van der Waals surface area contributed by atoms with Crippen LogP contribution < -0.4 is 10.2 Å². The summed E-state index contributed by atoms with van der Waals surface area (Å²) in [7, 11) is 0. The molecular weight excluding hydrogens is 418 g/mol. The maximum atomic E-state index is 12.1. The fraction of sp³-hybridized carbons (Fsp3) is 0.391. The molecule has 2 rings (SSSR count). The van der Waals surface area contributed by atoms with Gasteiger partial charge in [0.15, 0.2) is 0 Å². The molecule has 7 nitrogen and oxygen atoms in total. The number of ether oxygens (including phenoxy) is 1. The van der Waals surface area contributed by atoms with Crippen LogP contribution in [-0.4, -0.2) is 23.7 Å². The van der Waals surface area contributed by atoms with E-state index in [1.807, 2.05) is 6.07 Å². The van der Waals surface area contributed by atoms with Crippen molar-refractivity contribution in [3.63, 3.8) is 0 Å². The average molecular weight is 446 g/mol. The number of benzene rings is 2. The molecule has 0 saturated heterocycles. The van der Waals surface area contributed by atoms with Crippen LogP contribution in [-0.2, 0) is 0 Å². The third kappa shape index (κ3) is 8.76. The zero-order valence-electron chi connectivity index (χ0n) is 17.7. The minimum atomic E-state index is -0.524. The molecule has 0 saturated carbocycles. The van der Waals surface area contributed by atoms with Gasteiger partial charge in [-0.2, -0.15) is 5.10 Å². The number of nitro groups is 1. The van der Waals surface area contributed by atoms with Gasteiger partial charge in [-0.3, -0.25) is 14.9 Å². The van der Waals surface area contributed by atoms with Crippen LogP contribution in [0.2, 0.25) is 5.02 Å². The zero-order chi connectivity index (χ0) is 22.5. The van der Waals surface area contributed by atoms with E-state index in [2.05, 4.69) is 17.5 Å². The van der Waals surface area contributed by atoms with Gasteiger partial charge in [0.25, 0.3) is 11.6 Å². The summed E-state index contributed by atoms with van der Waals surface area (Å²) in [6.45, 7) is 2.87. The van der Waals surface area contributed by atoms with Gasteiger partial charge in [-0.25, -0.2) is 5.43 Å². The van der Waals surface area contributed by atoms with Crippen molar-refractivity contribution in [1.82, 2.24) is 5.43 Å². The molecule has 0 spiro atoms. The molecule has 1 amide bonds. The van der Waals surface area contributed by atoms with Crippen molar-refractivity contribution in [1.29, 1.82) is 0 Å². The van der Waals surface area contributed by atoms with E-state index in [-0.39, 0.29) is 11.3 Å². The monoisotopic (exact) mass is 445 g/mol. The van der Waals surface area contributed by atoms with E-state index >= 15 is 0 Å². The second-order valence-electron chi connectivity index (χ2n) is 7.16. The van der Waals surface area contributed by atoms with Crippen LogP contribution in [0.3, 0.4) is 0 Å². The molecule has 0 aromatic heterocycles. The van der Waals surface area contributed by atoms with Crippen LogP contribution in [0.5, 0.6) is 5.75 Å². The molecule has 2 aromatic carbocycles. The van der Waals surface area contributed by atoms with Crippen molar-refractivity contribution in [3.8, 4) is 5.75 Å². The Bertz CT molecular complexity index is 885. The van der Waals surface area contributed by atoms with Crippen molar-refractivity contribution in [2.45, 2.75) is 51.9 Å². The number of hydrazone groups is 1. The molecule has 166 valence electrons. The first-order valence-corrected chi connectivity index (χ1v) is 10.9. The van der Waals surface area contributed by atoms with Gasteiger partial charge < -0.3 is 4.74 Å². The summed E-state index contributed by atoms with van der Waals surface area (Å²) in [4.78, 5) is 22.2. The van der Waals surface area contributed by atoms with Crippen LogP contribution in [0.15, 0.2) is 47.6 Å². The lowest BCUT2D eigenvalue weighted by Crippen LogP contribution is -2.17. The van der Waals surface area contributed by atoms with Crippen LogP contribution in [0.1, 0.15) is 67.8 Å². The Morgan fingerprint density at radius 2 is 1.77 bits per heavy atom. The summed E-state index contributed by atoms with van der Waals surface area (Å²) in [6, 6.07) is 10.6. The molecular formula is C23H28ClN3O4. The number of carbonyl (C=O) groups is 1. The van der Waals surface area contributed by atoms with Gasteiger partial charge in [0.2, 0.25) is 0 Å². The summed E-state index contributed by atoms with van der Waals surface area (Å²) in [5, 5.41) is 15.0. The van der Waals surface area contributed by atoms with Crippen LogP contribution >= 0.6 is 11.6 Å². The Morgan fingerprint density at radius 1 is 1.10 bits per heavy atom. The molecule has 31 heavy (non-hydrogen) atoms. The van der Waals surface area contributed by atoms with Crippen molar-refractivity contribution in [3.05, 3.63) is 68.7 Å². The van der Waals surface area contributed by atoms with E-state index in [4.69, 9.17) is 16.3 Å². The van der Waals surface area contributed by atoms with Gasteiger partial charge in [-0.05, 0) is 36.8 Å². The van der Waals surface area contributed by atoms with E-state index in [0.717, 1.165) is 12.8 Å². The SMILES string of the molecule is CCCCCCCCCOc1ccc(/C=N/NC(=O)c2ccc([N+](=O)[O-])cc2)c(Cl)c1. The smallest absolute Gasteiger partial charge is 0.271 e. The minimum absolute atomic E-state index is 0.0823. The Balaban J connectivity index is 1.76. The topological polar surface area (TPSA) is 93.8 Å². The molecule has 0 radical (unpaired) electrons. The Hall–Kier alpha value is -2.93. The van der Waals surface area contributed by atoms with Gasteiger partial charge in [0, 0.05) is 23.3 Å². The number of hydrogen-bond acceptors (Lipinski definition) is 5.